The molecule has 1 N–H and O–H groups in total. The molecule has 0 aliphatic carbocycles. The molecule has 0 bridgehead atoms. The number of alkyl halides is 6. The number of hydrogen-bond donors (Lipinski definition) is 1. The molecule has 10 heteroatoms. The molecule has 0 heterocycles. The highest BCUT2D eigenvalue weighted by Crippen LogP contribution is 2.31. The number of nitrogens with one attached hydrogen (secondary N) is 1. The molecule has 0 aromatic heterocycles. The molecule has 2 aromatic carbocycles. The van der Waals surface area contributed by atoms with Crippen LogP contribution in [-0.2, 0) is 4.74 Å². The Labute approximate surface area is 144 Å². The minimum atomic E-state index is -5.56. The van der Waals surface area contributed by atoms with Crippen LogP contribution in [0.4, 0.5) is 32.0 Å². The van der Waals surface area contributed by atoms with Gasteiger partial charge in [0.25, 0.3) is 0 Å². The number of rotatable bonds is 7. The predicted molar refractivity (Wildman–Crippen MR) is 81.7 cm³/mol. The highest BCUT2D eigenvalue weighted by molar-refractivity contribution is 5.80. The van der Waals surface area contributed by atoms with Crippen molar-refractivity contribution in [3.8, 4) is 5.75 Å². The summed E-state index contributed by atoms with van der Waals surface area (Å²) in [6, 6.07) is 13.6. The van der Waals surface area contributed by atoms with E-state index < -0.39 is 24.6 Å². The molecule has 4 nitrogen and oxygen atoms in total. The van der Waals surface area contributed by atoms with Crippen LogP contribution < -0.4 is 10.2 Å². The molecule has 2 aromatic rings. The van der Waals surface area contributed by atoms with E-state index in [9.17, 15) is 26.3 Å². The summed E-state index contributed by atoms with van der Waals surface area (Å²) in [4.78, 5) is 0. The maximum atomic E-state index is 13.3. The molecule has 26 heavy (non-hydrogen) atoms. The van der Waals surface area contributed by atoms with E-state index >= 15 is 0 Å². The quantitative estimate of drug-likeness (QED) is 0.422. The third kappa shape index (κ3) is 6.28. The van der Waals surface area contributed by atoms with E-state index in [1.807, 2.05) is 6.07 Å². The lowest BCUT2D eigenvalue weighted by atomic mass is 10.2. The third-order valence-corrected chi connectivity index (χ3v) is 2.82. The van der Waals surface area contributed by atoms with Gasteiger partial charge < -0.3 is 4.74 Å². The van der Waals surface area contributed by atoms with Gasteiger partial charge in [-0.25, -0.2) is 9.13 Å². The lowest BCUT2D eigenvalue weighted by Crippen LogP contribution is -2.41. The van der Waals surface area contributed by atoms with E-state index in [1.54, 1.807) is 24.3 Å². The smallest absolute Gasteiger partial charge is 0.429 e. The monoisotopic (exact) mass is 378 g/mol. The lowest BCUT2D eigenvalue weighted by molar-refractivity contribution is -0.411. The van der Waals surface area contributed by atoms with E-state index in [4.69, 9.17) is 0 Å². The maximum Gasteiger partial charge on any atom is 0.525 e. The Morgan fingerprint density at radius 2 is 1.54 bits per heavy atom. The van der Waals surface area contributed by atoms with Crippen LogP contribution in [0.2, 0.25) is 0 Å². The largest absolute Gasteiger partial charge is 0.525 e. The Morgan fingerprint density at radius 3 is 2.12 bits per heavy atom. The fraction of sp³-hybridized carbons (Fsp3) is 0.188. The minimum Gasteiger partial charge on any atom is -0.429 e. The molecule has 0 saturated heterocycles. The number of ether oxygens (including phenoxy) is 2. The van der Waals surface area contributed by atoms with E-state index in [2.05, 4.69) is 20.0 Å². The highest BCUT2D eigenvalue weighted by Gasteiger charge is 2.50. The minimum absolute atomic E-state index is 0.479. The SMILES string of the molecule is FC(OC(F)(F)F)C(F)(F)Oc1ccc(C=NNc2ccccc2)cc1. The van der Waals surface area contributed by atoms with Crippen LogP contribution in [0.25, 0.3) is 0 Å². The summed E-state index contributed by atoms with van der Waals surface area (Å²) in [5.41, 5.74) is 3.93. The van der Waals surface area contributed by atoms with Crippen LogP contribution in [0.5, 0.6) is 5.75 Å². The van der Waals surface area contributed by atoms with E-state index in [0.29, 0.717) is 5.56 Å². The number of hydrogen-bond acceptors (Lipinski definition) is 4. The first kappa shape index (κ1) is 19.6. The van der Waals surface area contributed by atoms with Gasteiger partial charge in [-0.3, -0.25) is 5.43 Å². The van der Waals surface area contributed by atoms with Gasteiger partial charge in [-0.2, -0.15) is 13.9 Å². The molecule has 0 aliphatic heterocycles. The van der Waals surface area contributed by atoms with E-state index in [0.717, 1.165) is 17.8 Å². The van der Waals surface area contributed by atoms with Crippen LogP contribution in [0.15, 0.2) is 59.7 Å². The molecular weight excluding hydrogens is 366 g/mol. The van der Waals surface area contributed by atoms with Crippen molar-refractivity contribution in [2.45, 2.75) is 18.8 Å². The summed E-state index contributed by atoms with van der Waals surface area (Å²) < 4.78 is 81.4. The van der Waals surface area contributed by atoms with Crippen molar-refractivity contribution in [1.82, 2.24) is 0 Å². The Bertz CT molecular complexity index is 720. The standard InChI is InChI=1S/C16H12F6N2O2/c17-14(26-16(20,21)22)15(18,19)25-13-8-6-11(7-9-13)10-23-24-12-4-2-1-3-5-12/h1-10,14,24H. The second-order valence-corrected chi connectivity index (χ2v) is 4.85. The molecule has 1 atom stereocenters. The molecule has 140 valence electrons. The van der Waals surface area contributed by atoms with Gasteiger partial charge in [-0.15, -0.1) is 13.2 Å². The normalized spacial score (nSPS) is 13.6. The summed E-state index contributed by atoms with van der Waals surface area (Å²) in [6.07, 6.45) is -13.0. The van der Waals surface area contributed by atoms with Crippen LogP contribution in [0.3, 0.4) is 0 Å². The average molecular weight is 378 g/mol. The zero-order chi connectivity index (χ0) is 19.2. The maximum absolute atomic E-state index is 13.3. The second kappa shape index (κ2) is 8.09. The van der Waals surface area contributed by atoms with Crippen LogP contribution >= 0.6 is 0 Å². The predicted octanol–water partition coefficient (Wildman–Crippen LogP) is 4.94. The molecule has 0 radical (unpaired) electrons. The van der Waals surface area contributed by atoms with Gasteiger partial charge in [0.2, 0.25) is 0 Å². The Balaban J connectivity index is 1.94. The summed E-state index contributed by atoms with van der Waals surface area (Å²) in [7, 11) is 0. The molecule has 0 saturated carbocycles. The number of benzene rings is 2. The van der Waals surface area contributed by atoms with Gasteiger partial charge in [0.05, 0.1) is 11.9 Å². The zero-order valence-corrected chi connectivity index (χ0v) is 12.9. The molecule has 0 amide bonds. The Hall–Kier alpha value is -2.75. The first-order valence-corrected chi connectivity index (χ1v) is 7.05. The zero-order valence-electron chi connectivity index (χ0n) is 12.9. The van der Waals surface area contributed by atoms with Crippen molar-refractivity contribution in [2.24, 2.45) is 5.10 Å². The van der Waals surface area contributed by atoms with Gasteiger partial charge in [0, 0.05) is 0 Å². The van der Waals surface area contributed by atoms with Gasteiger partial charge >= 0.3 is 18.8 Å². The van der Waals surface area contributed by atoms with Crippen molar-refractivity contribution in [3.05, 3.63) is 60.2 Å². The second-order valence-electron chi connectivity index (χ2n) is 4.85. The van der Waals surface area contributed by atoms with Crippen molar-refractivity contribution in [2.75, 3.05) is 5.43 Å². The number of halogens is 6. The molecule has 0 fully saturated rings. The molecule has 0 spiro atoms. The lowest BCUT2D eigenvalue weighted by Gasteiger charge is -2.22. The van der Waals surface area contributed by atoms with Crippen molar-refractivity contribution in [1.29, 1.82) is 0 Å². The fourth-order valence-corrected chi connectivity index (χ4v) is 1.71. The number of hydrazone groups is 1. The van der Waals surface area contributed by atoms with Crippen molar-refractivity contribution >= 4 is 11.9 Å². The Kier molecular flexibility index (Phi) is 6.09. The average Bonchev–Trinajstić information content (AvgIpc) is 2.56. The summed E-state index contributed by atoms with van der Waals surface area (Å²) in [6.45, 7) is 0. The van der Waals surface area contributed by atoms with Gasteiger partial charge in [-0.1, -0.05) is 18.2 Å². The van der Waals surface area contributed by atoms with Crippen LogP contribution in [0, 0.1) is 0 Å². The highest BCUT2D eigenvalue weighted by atomic mass is 19.4. The number of anilines is 1. The van der Waals surface area contributed by atoms with Crippen molar-refractivity contribution in [3.63, 3.8) is 0 Å². The molecule has 2 rings (SSSR count). The Morgan fingerprint density at radius 1 is 0.923 bits per heavy atom. The number of para-hydroxylation sites is 1. The first-order valence-electron chi connectivity index (χ1n) is 7.05. The topological polar surface area (TPSA) is 42.9 Å². The fourth-order valence-electron chi connectivity index (χ4n) is 1.71. The van der Waals surface area contributed by atoms with E-state index in [1.165, 1.54) is 18.3 Å². The summed E-state index contributed by atoms with van der Waals surface area (Å²) in [5.74, 6) is -0.545. The van der Waals surface area contributed by atoms with Gasteiger partial charge in [0.15, 0.2) is 0 Å². The first-order chi connectivity index (χ1) is 12.2. The summed E-state index contributed by atoms with van der Waals surface area (Å²) >= 11 is 0. The van der Waals surface area contributed by atoms with Gasteiger partial charge in [0.1, 0.15) is 5.75 Å². The third-order valence-electron chi connectivity index (χ3n) is 2.82. The van der Waals surface area contributed by atoms with Gasteiger partial charge in [-0.05, 0) is 42.0 Å². The molecule has 0 aliphatic rings. The van der Waals surface area contributed by atoms with Crippen molar-refractivity contribution < 1.29 is 35.8 Å². The van der Waals surface area contributed by atoms with Crippen LogP contribution in [-0.4, -0.2) is 25.0 Å². The van der Waals surface area contributed by atoms with E-state index in [-0.39, 0.29) is 0 Å². The molecular formula is C16H12F6N2O2. The van der Waals surface area contributed by atoms with Crippen LogP contribution in [0.1, 0.15) is 5.56 Å². The molecule has 1 unspecified atom stereocenters. The number of nitrogens with zero attached hydrogens (tertiary/aromatic N) is 1. The summed E-state index contributed by atoms with van der Waals surface area (Å²) in [5, 5.41) is 3.92.